The van der Waals surface area contributed by atoms with Gasteiger partial charge in [0.15, 0.2) is 0 Å². The van der Waals surface area contributed by atoms with E-state index in [4.69, 9.17) is 0 Å². The predicted octanol–water partition coefficient (Wildman–Crippen LogP) is 6.04. The lowest BCUT2D eigenvalue weighted by molar-refractivity contribution is -0.137. The number of carbonyl (C=O) groups is 1. The number of carbonyl (C=O) groups excluding carboxylic acids is 1. The number of hydrogen-bond donors (Lipinski definition) is 2. The zero-order chi connectivity index (χ0) is 22.1. The van der Waals surface area contributed by atoms with Gasteiger partial charge >= 0.3 is 6.18 Å². The summed E-state index contributed by atoms with van der Waals surface area (Å²) in [6, 6.07) is 8.58. The molecular weight excluding hydrogens is 410 g/mol. The molecule has 2 unspecified atom stereocenters. The van der Waals surface area contributed by atoms with Gasteiger partial charge in [0.2, 0.25) is 11.8 Å². The minimum Gasteiger partial charge on any atom is -0.388 e. The minimum atomic E-state index is -4.73. The van der Waals surface area contributed by atoms with Crippen molar-refractivity contribution in [3.8, 4) is 0 Å². The van der Waals surface area contributed by atoms with Crippen LogP contribution >= 0.6 is 0 Å². The third kappa shape index (κ3) is 5.06. The van der Waals surface area contributed by atoms with Gasteiger partial charge in [-0.15, -0.1) is 0 Å². The molecule has 0 spiro atoms. The first-order valence-electron chi connectivity index (χ1n) is 9.31. The summed E-state index contributed by atoms with van der Waals surface area (Å²) in [6.45, 7) is 0. The molecular formula is C21H20F6N2O. The van der Waals surface area contributed by atoms with E-state index in [-0.39, 0.29) is 12.5 Å². The maximum absolute atomic E-state index is 14.3. The highest BCUT2D eigenvalue weighted by Crippen LogP contribution is 2.45. The van der Waals surface area contributed by atoms with Crippen molar-refractivity contribution in [2.24, 2.45) is 5.92 Å². The Morgan fingerprint density at radius 3 is 2.30 bits per heavy atom. The monoisotopic (exact) mass is 430 g/mol. The molecule has 0 saturated heterocycles. The second kappa shape index (κ2) is 8.20. The van der Waals surface area contributed by atoms with Crippen LogP contribution in [0.4, 0.5) is 37.7 Å². The molecule has 2 atom stereocenters. The third-order valence-electron chi connectivity index (χ3n) is 5.25. The van der Waals surface area contributed by atoms with Crippen molar-refractivity contribution in [3.05, 3.63) is 59.4 Å². The van der Waals surface area contributed by atoms with Crippen LogP contribution in [-0.4, -0.2) is 18.9 Å². The van der Waals surface area contributed by atoms with Crippen molar-refractivity contribution in [2.75, 3.05) is 17.7 Å². The van der Waals surface area contributed by atoms with Crippen LogP contribution in [0.15, 0.2) is 42.5 Å². The van der Waals surface area contributed by atoms with Crippen LogP contribution in [0.5, 0.6) is 0 Å². The van der Waals surface area contributed by atoms with E-state index in [0.717, 1.165) is 11.8 Å². The molecule has 1 aliphatic rings. The molecule has 162 valence electrons. The Morgan fingerprint density at radius 2 is 1.73 bits per heavy atom. The van der Waals surface area contributed by atoms with Gasteiger partial charge in [-0.1, -0.05) is 12.1 Å². The first kappa shape index (κ1) is 22.0. The molecule has 0 aliphatic heterocycles. The quantitative estimate of drug-likeness (QED) is 0.581. The summed E-state index contributed by atoms with van der Waals surface area (Å²) in [5.74, 6) is -6.90. The Hall–Kier alpha value is -2.71. The van der Waals surface area contributed by atoms with E-state index in [0.29, 0.717) is 11.6 Å². The van der Waals surface area contributed by atoms with Crippen molar-refractivity contribution in [1.29, 1.82) is 0 Å². The molecule has 1 amide bonds. The lowest BCUT2D eigenvalue weighted by atomic mass is 9.75. The highest BCUT2D eigenvalue weighted by Gasteiger charge is 2.44. The summed E-state index contributed by atoms with van der Waals surface area (Å²) >= 11 is 0. The van der Waals surface area contributed by atoms with Crippen molar-refractivity contribution in [1.82, 2.24) is 0 Å². The number of hydrogen-bond acceptors (Lipinski definition) is 2. The molecule has 1 fully saturated rings. The van der Waals surface area contributed by atoms with E-state index < -0.39 is 59.8 Å². The van der Waals surface area contributed by atoms with Crippen LogP contribution in [0.25, 0.3) is 0 Å². The van der Waals surface area contributed by atoms with Gasteiger partial charge < -0.3 is 10.6 Å². The molecule has 0 radical (unpaired) electrons. The SMILES string of the molecule is CNc1ccc(C2CC(C(=O)Nc3ccc(C(F)(F)F)cc3F)CC(F)(F)C2)cc1. The maximum atomic E-state index is 14.3. The zero-order valence-electron chi connectivity index (χ0n) is 16.0. The Morgan fingerprint density at radius 1 is 1.07 bits per heavy atom. The lowest BCUT2D eigenvalue weighted by Gasteiger charge is -2.34. The standard InChI is InChI=1S/C21H20F6N2O/c1-28-16-5-2-12(3-6-16)13-8-14(11-20(23,24)10-13)19(30)29-18-7-4-15(9-17(18)22)21(25,26)27/h2-7,9,13-14,28H,8,10-11H2,1H3,(H,29,30). The van der Waals surface area contributed by atoms with Crippen molar-refractivity contribution in [2.45, 2.75) is 37.3 Å². The number of benzene rings is 2. The fraction of sp³-hybridized carbons (Fsp3) is 0.381. The topological polar surface area (TPSA) is 41.1 Å². The van der Waals surface area contributed by atoms with Crippen molar-refractivity contribution < 1.29 is 31.1 Å². The molecule has 1 saturated carbocycles. The van der Waals surface area contributed by atoms with E-state index in [2.05, 4.69) is 10.6 Å². The molecule has 2 aromatic carbocycles. The first-order chi connectivity index (χ1) is 14.0. The van der Waals surface area contributed by atoms with Crippen molar-refractivity contribution in [3.63, 3.8) is 0 Å². The molecule has 0 heterocycles. The maximum Gasteiger partial charge on any atom is 0.416 e. The summed E-state index contributed by atoms with van der Waals surface area (Å²) < 4.78 is 80.6. The van der Waals surface area contributed by atoms with E-state index in [9.17, 15) is 31.1 Å². The van der Waals surface area contributed by atoms with E-state index in [1.165, 1.54) is 0 Å². The highest BCUT2D eigenvalue weighted by atomic mass is 19.4. The van der Waals surface area contributed by atoms with Gasteiger partial charge in [0.1, 0.15) is 5.82 Å². The molecule has 2 N–H and O–H groups in total. The molecule has 1 aliphatic carbocycles. The molecule has 3 nitrogen and oxygen atoms in total. The molecule has 2 aromatic rings. The number of amides is 1. The number of nitrogens with one attached hydrogen (secondary N) is 2. The van der Waals surface area contributed by atoms with Gasteiger partial charge in [-0.25, -0.2) is 13.2 Å². The molecule has 9 heteroatoms. The summed E-state index contributed by atoms with van der Waals surface area (Å²) in [4.78, 5) is 12.5. The Labute approximate surface area is 169 Å². The Bertz CT molecular complexity index is 911. The molecule has 30 heavy (non-hydrogen) atoms. The second-order valence-electron chi connectivity index (χ2n) is 7.45. The summed E-state index contributed by atoms with van der Waals surface area (Å²) in [5.41, 5.74) is -0.204. The van der Waals surface area contributed by atoms with Crippen LogP contribution in [0.3, 0.4) is 0 Å². The van der Waals surface area contributed by atoms with Crippen LogP contribution in [-0.2, 0) is 11.0 Å². The summed E-state index contributed by atoms with van der Waals surface area (Å²) in [5, 5.41) is 5.09. The largest absolute Gasteiger partial charge is 0.416 e. The van der Waals surface area contributed by atoms with Crippen LogP contribution < -0.4 is 10.6 Å². The van der Waals surface area contributed by atoms with Gasteiger partial charge in [-0.2, -0.15) is 13.2 Å². The lowest BCUT2D eigenvalue weighted by Crippen LogP contribution is -2.37. The average molecular weight is 430 g/mol. The average Bonchev–Trinajstić information content (AvgIpc) is 2.67. The normalized spacial score (nSPS) is 21.2. The van der Waals surface area contributed by atoms with Gasteiger partial charge in [-0.05, 0) is 48.2 Å². The number of anilines is 2. The summed E-state index contributed by atoms with van der Waals surface area (Å²) in [7, 11) is 1.73. The van der Waals surface area contributed by atoms with Gasteiger partial charge in [0.25, 0.3) is 0 Å². The Kier molecular flexibility index (Phi) is 6.01. The number of alkyl halides is 5. The predicted molar refractivity (Wildman–Crippen MR) is 101 cm³/mol. The Balaban J connectivity index is 1.76. The molecule has 0 aromatic heterocycles. The van der Waals surface area contributed by atoms with Crippen LogP contribution in [0.1, 0.15) is 36.3 Å². The van der Waals surface area contributed by atoms with Crippen molar-refractivity contribution >= 4 is 17.3 Å². The van der Waals surface area contributed by atoms with Crippen LogP contribution in [0, 0.1) is 11.7 Å². The van der Waals surface area contributed by atoms with Gasteiger partial charge in [-0.3, -0.25) is 4.79 Å². The highest BCUT2D eigenvalue weighted by molar-refractivity contribution is 5.92. The minimum absolute atomic E-state index is 0.128. The van der Waals surface area contributed by atoms with Gasteiger partial charge in [0.05, 0.1) is 11.3 Å². The summed E-state index contributed by atoms with van der Waals surface area (Å²) in [6.07, 6.45) is -5.72. The fourth-order valence-electron chi connectivity index (χ4n) is 3.72. The first-order valence-corrected chi connectivity index (χ1v) is 9.31. The van der Waals surface area contributed by atoms with E-state index in [1.54, 1.807) is 31.3 Å². The number of halogens is 6. The van der Waals surface area contributed by atoms with Crippen LogP contribution in [0.2, 0.25) is 0 Å². The molecule has 0 bridgehead atoms. The fourth-order valence-corrected chi connectivity index (χ4v) is 3.72. The smallest absolute Gasteiger partial charge is 0.388 e. The second-order valence-corrected chi connectivity index (χ2v) is 7.45. The van der Waals surface area contributed by atoms with E-state index in [1.807, 2.05) is 0 Å². The third-order valence-corrected chi connectivity index (χ3v) is 5.25. The zero-order valence-corrected chi connectivity index (χ0v) is 16.0. The van der Waals surface area contributed by atoms with Gasteiger partial charge in [0, 0.05) is 31.5 Å². The molecule has 3 rings (SSSR count). The van der Waals surface area contributed by atoms with E-state index >= 15 is 0 Å². The number of rotatable bonds is 4.